The third kappa shape index (κ3) is 3.39. The zero-order chi connectivity index (χ0) is 13.8. The van der Waals surface area contributed by atoms with E-state index in [2.05, 4.69) is 13.8 Å². The number of halogens is 2. The lowest BCUT2D eigenvalue weighted by Gasteiger charge is -2.36. The maximum atomic E-state index is 6.31. The second kappa shape index (κ2) is 6.76. The number of hydrogen-bond acceptors (Lipinski definition) is 2. The van der Waals surface area contributed by atoms with Crippen molar-refractivity contribution in [2.45, 2.75) is 44.8 Å². The van der Waals surface area contributed by atoms with Gasteiger partial charge in [-0.05, 0) is 43.0 Å². The van der Waals surface area contributed by atoms with Crippen LogP contribution in [-0.2, 0) is 11.2 Å². The molecule has 18 heavy (non-hydrogen) atoms. The number of methoxy groups -OCH3 is 1. The molecule has 0 heterocycles. The molecule has 4 heteroatoms. The van der Waals surface area contributed by atoms with E-state index in [1.54, 1.807) is 19.2 Å². The van der Waals surface area contributed by atoms with Gasteiger partial charge in [0.25, 0.3) is 0 Å². The zero-order valence-electron chi connectivity index (χ0n) is 11.2. The van der Waals surface area contributed by atoms with Crippen molar-refractivity contribution < 1.29 is 4.74 Å². The molecule has 0 bridgehead atoms. The Morgan fingerprint density at radius 1 is 1.28 bits per heavy atom. The van der Waals surface area contributed by atoms with Crippen LogP contribution < -0.4 is 5.73 Å². The van der Waals surface area contributed by atoms with Gasteiger partial charge in [0.2, 0.25) is 0 Å². The summed E-state index contributed by atoms with van der Waals surface area (Å²) in [6, 6.07) is 5.35. The maximum absolute atomic E-state index is 6.31. The molecule has 1 atom stereocenters. The van der Waals surface area contributed by atoms with Crippen LogP contribution >= 0.6 is 23.2 Å². The molecule has 1 unspecified atom stereocenters. The van der Waals surface area contributed by atoms with Crippen LogP contribution in [0.2, 0.25) is 10.0 Å². The molecule has 0 aliphatic carbocycles. The van der Waals surface area contributed by atoms with Crippen LogP contribution in [0.15, 0.2) is 18.2 Å². The van der Waals surface area contributed by atoms with Gasteiger partial charge in [0.05, 0.1) is 5.60 Å². The standard InChI is InChI=1S/C14H21Cl2NO/c1-4-14(5-2,18-3)13(17)9-10-8-11(15)6-7-12(10)16/h6-8,13H,4-5,9,17H2,1-3H3. The van der Waals surface area contributed by atoms with Gasteiger partial charge in [0.1, 0.15) is 0 Å². The van der Waals surface area contributed by atoms with Gasteiger partial charge >= 0.3 is 0 Å². The Kier molecular flexibility index (Phi) is 5.93. The van der Waals surface area contributed by atoms with E-state index in [0.717, 1.165) is 18.4 Å². The predicted octanol–water partition coefficient (Wildman–Crippen LogP) is 4.07. The Hall–Kier alpha value is -0.280. The summed E-state index contributed by atoms with van der Waals surface area (Å²) in [7, 11) is 1.71. The minimum absolute atomic E-state index is 0.103. The third-order valence-electron chi connectivity index (χ3n) is 3.73. The Morgan fingerprint density at radius 2 is 1.89 bits per heavy atom. The van der Waals surface area contributed by atoms with Crippen LogP contribution in [0.25, 0.3) is 0 Å². The van der Waals surface area contributed by atoms with Crippen molar-refractivity contribution in [3.63, 3.8) is 0 Å². The molecule has 0 saturated heterocycles. The molecule has 0 radical (unpaired) electrons. The van der Waals surface area contributed by atoms with E-state index in [1.807, 2.05) is 6.07 Å². The SMILES string of the molecule is CCC(CC)(OC)C(N)Cc1cc(Cl)ccc1Cl. The van der Waals surface area contributed by atoms with Crippen molar-refractivity contribution in [3.8, 4) is 0 Å². The van der Waals surface area contributed by atoms with E-state index in [4.69, 9.17) is 33.7 Å². The fourth-order valence-electron chi connectivity index (χ4n) is 2.34. The van der Waals surface area contributed by atoms with Crippen molar-refractivity contribution in [2.75, 3.05) is 7.11 Å². The Labute approximate surface area is 119 Å². The Balaban J connectivity index is 2.92. The molecular formula is C14H21Cl2NO. The normalized spacial score (nSPS) is 13.7. The van der Waals surface area contributed by atoms with Crippen LogP contribution in [0.5, 0.6) is 0 Å². The molecule has 1 rings (SSSR count). The zero-order valence-corrected chi connectivity index (χ0v) is 12.7. The lowest BCUT2D eigenvalue weighted by molar-refractivity contribution is -0.0374. The fourth-order valence-corrected chi connectivity index (χ4v) is 2.73. The topological polar surface area (TPSA) is 35.2 Å². The highest BCUT2D eigenvalue weighted by atomic mass is 35.5. The van der Waals surface area contributed by atoms with Gasteiger partial charge in [-0.25, -0.2) is 0 Å². The highest BCUT2D eigenvalue weighted by molar-refractivity contribution is 6.33. The van der Waals surface area contributed by atoms with Crippen LogP contribution in [0.4, 0.5) is 0 Å². The first-order chi connectivity index (χ1) is 8.49. The van der Waals surface area contributed by atoms with E-state index >= 15 is 0 Å². The molecule has 1 aromatic rings. The molecule has 0 amide bonds. The molecule has 0 aliphatic heterocycles. The monoisotopic (exact) mass is 289 g/mol. The summed E-state index contributed by atoms with van der Waals surface area (Å²) in [5.41, 5.74) is 6.98. The summed E-state index contributed by atoms with van der Waals surface area (Å²) in [5.74, 6) is 0. The van der Waals surface area contributed by atoms with Crippen LogP contribution in [0.3, 0.4) is 0 Å². The van der Waals surface area contributed by atoms with Crippen molar-refractivity contribution in [1.82, 2.24) is 0 Å². The Morgan fingerprint density at radius 3 is 2.39 bits per heavy atom. The summed E-state index contributed by atoms with van der Waals surface area (Å²) >= 11 is 12.2. The van der Waals surface area contributed by atoms with E-state index in [-0.39, 0.29) is 11.6 Å². The second-order valence-corrected chi connectivity index (χ2v) is 5.37. The van der Waals surface area contributed by atoms with Crippen molar-refractivity contribution in [3.05, 3.63) is 33.8 Å². The molecule has 2 N–H and O–H groups in total. The second-order valence-electron chi connectivity index (χ2n) is 4.52. The van der Waals surface area contributed by atoms with Gasteiger partial charge in [-0.3, -0.25) is 0 Å². The average molecular weight is 290 g/mol. The number of ether oxygens (including phenoxy) is 1. The van der Waals surface area contributed by atoms with Crippen molar-refractivity contribution in [2.24, 2.45) is 5.73 Å². The van der Waals surface area contributed by atoms with Crippen molar-refractivity contribution >= 4 is 23.2 Å². The first-order valence-electron chi connectivity index (χ1n) is 6.23. The fraction of sp³-hybridized carbons (Fsp3) is 0.571. The summed E-state index contributed by atoms with van der Waals surface area (Å²) in [6.45, 7) is 4.18. The quantitative estimate of drug-likeness (QED) is 0.857. The van der Waals surface area contributed by atoms with Gasteiger partial charge in [-0.15, -0.1) is 0 Å². The highest BCUT2D eigenvalue weighted by Crippen LogP contribution is 2.28. The van der Waals surface area contributed by atoms with Crippen LogP contribution in [-0.4, -0.2) is 18.8 Å². The Bertz CT molecular complexity index is 383. The summed E-state index contributed by atoms with van der Waals surface area (Å²) in [5, 5.41) is 1.38. The van der Waals surface area contributed by atoms with Crippen molar-refractivity contribution in [1.29, 1.82) is 0 Å². The lowest BCUT2D eigenvalue weighted by Crippen LogP contribution is -2.50. The number of rotatable bonds is 6. The summed E-state index contributed by atoms with van der Waals surface area (Å²) in [4.78, 5) is 0. The average Bonchev–Trinajstić information content (AvgIpc) is 2.37. The molecular weight excluding hydrogens is 269 g/mol. The lowest BCUT2D eigenvalue weighted by atomic mass is 9.85. The number of benzene rings is 1. The van der Waals surface area contributed by atoms with E-state index in [9.17, 15) is 0 Å². The molecule has 0 spiro atoms. The predicted molar refractivity (Wildman–Crippen MR) is 78.5 cm³/mol. The number of nitrogens with two attached hydrogens (primary N) is 1. The molecule has 0 fully saturated rings. The molecule has 2 nitrogen and oxygen atoms in total. The number of hydrogen-bond donors (Lipinski definition) is 1. The van der Waals surface area contributed by atoms with Gasteiger partial charge in [-0.2, -0.15) is 0 Å². The molecule has 0 saturated carbocycles. The summed E-state index contributed by atoms with van der Waals surface area (Å²) < 4.78 is 5.64. The minimum Gasteiger partial charge on any atom is -0.377 e. The summed E-state index contributed by atoms with van der Waals surface area (Å²) in [6.07, 6.45) is 2.41. The largest absolute Gasteiger partial charge is 0.377 e. The smallest absolute Gasteiger partial charge is 0.0826 e. The van der Waals surface area contributed by atoms with Gasteiger partial charge < -0.3 is 10.5 Å². The van der Waals surface area contributed by atoms with E-state index in [0.29, 0.717) is 16.5 Å². The van der Waals surface area contributed by atoms with E-state index < -0.39 is 0 Å². The third-order valence-corrected chi connectivity index (χ3v) is 4.33. The van der Waals surface area contributed by atoms with Crippen LogP contribution in [0, 0.1) is 0 Å². The molecule has 1 aromatic carbocycles. The first-order valence-corrected chi connectivity index (χ1v) is 6.99. The highest BCUT2D eigenvalue weighted by Gasteiger charge is 2.33. The van der Waals surface area contributed by atoms with Gasteiger partial charge in [-0.1, -0.05) is 37.0 Å². The molecule has 0 aliphatic rings. The maximum Gasteiger partial charge on any atom is 0.0826 e. The molecule has 0 aromatic heterocycles. The van der Waals surface area contributed by atoms with Gasteiger partial charge in [0.15, 0.2) is 0 Å². The first kappa shape index (κ1) is 15.8. The van der Waals surface area contributed by atoms with Crippen LogP contribution in [0.1, 0.15) is 32.3 Å². The minimum atomic E-state index is -0.300. The van der Waals surface area contributed by atoms with Gasteiger partial charge in [0, 0.05) is 23.2 Å². The molecule has 102 valence electrons. The van der Waals surface area contributed by atoms with E-state index in [1.165, 1.54) is 0 Å².